The number of rotatable bonds is 6. The van der Waals surface area contributed by atoms with Crippen LogP contribution < -0.4 is 4.72 Å². The summed E-state index contributed by atoms with van der Waals surface area (Å²) in [6, 6.07) is -0.122. The third-order valence-corrected chi connectivity index (χ3v) is 4.73. The average molecular weight is 263 g/mol. The monoisotopic (exact) mass is 263 g/mol. The van der Waals surface area contributed by atoms with Crippen molar-refractivity contribution in [2.75, 3.05) is 5.75 Å². The fraction of sp³-hybridized carbons (Fsp3) is 0.900. The van der Waals surface area contributed by atoms with Gasteiger partial charge in [-0.1, -0.05) is 0 Å². The van der Waals surface area contributed by atoms with E-state index < -0.39 is 16.0 Å². The van der Waals surface area contributed by atoms with Crippen LogP contribution in [0.3, 0.4) is 0 Å². The maximum Gasteiger partial charge on any atom is 0.303 e. The molecule has 0 aliphatic carbocycles. The molecule has 17 heavy (non-hydrogen) atoms. The zero-order valence-electron chi connectivity index (χ0n) is 9.46. The fourth-order valence-corrected chi connectivity index (χ4v) is 3.82. The normalized spacial score (nSPS) is 31.9. The van der Waals surface area contributed by atoms with Crippen LogP contribution in [0.5, 0.6) is 0 Å². The highest BCUT2D eigenvalue weighted by molar-refractivity contribution is 7.89. The molecular weight excluding hydrogens is 246 g/mol. The molecule has 3 atom stereocenters. The Morgan fingerprint density at radius 1 is 1.41 bits per heavy atom. The van der Waals surface area contributed by atoms with Gasteiger partial charge in [-0.2, -0.15) is 0 Å². The van der Waals surface area contributed by atoms with Crippen LogP contribution in [-0.4, -0.2) is 43.5 Å². The summed E-state index contributed by atoms with van der Waals surface area (Å²) in [6.07, 6.45) is 2.90. The quantitative estimate of drug-likeness (QED) is 0.708. The molecule has 2 rings (SSSR count). The van der Waals surface area contributed by atoms with Gasteiger partial charge in [0.25, 0.3) is 0 Å². The molecule has 0 aromatic heterocycles. The summed E-state index contributed by atoms with van der Waals surface area (Å²) in [7, 11) is -3.38. The van der Waals surface area contributed by atoms with Gasteiger partial charge in [-0.25, -0.2) is 13.1 Å². The molecule has 2 aliphatic heterocycles. The Morgan fingerprint density at radius 3 is 2.71 bits per heavy atom. The van der Waals surface area contributed by atoms with Crippen LogP contribution in [0, 0.1) is 0 Å². The smallest absolute Gasteiger partial charge is 0.303 e. The van der Waals surface area contributed by atoms with Gasteiger partial charge in [0, 0.05) is 6.42 Å². The lowest BCUT2D eigenvalue weighted by Crippen LogP contribution is -2.42. The Kier molecular flexibility index (Phi) is 3.70. The van der Waals surface area contributed by atoms with E-state index >= 15 is 0 Å². The number of carboxylic acid groups (broad SMARTS) is 1. The van der Waals surface area contributed by atoms with Crippen molar-refractivity contribution in [3.05, 3.63) is 0 Å². The van der Waals surface area contributed by atoms with Crippen molar-refractivity contribution < 1.29 is 23.1 Å². The molecule has 98 valence electrons. The topological polar surface area (TPSA) is 92.7 Å². The highest BCUT2D eigenvalue weighted by Crippen LogP contribution is 2.34. The van der Waals surface area contributed by atoms with Crippen molar-refractivity contribution in [2.24, 2.45) is 0 Å². The number of hydrogen-bond donors (Lipinski definition) is 2. The molecule has 2 fully saturated rings. The van der Waals surface area contributed by atoms with Crippen molar-refractivity contribution in [3.8, 4) is 0 Å². The Hall–Kier alpha value is -0.660. The van der Waals surface area contributed by atoms with Crippen molar-refractivity contribution in [2.45, 2.75) is 50.4 Å². The predicted octanol–water partition coefficient (Wildman–Crippen LogP) is 0.0905. The van der Waals surface area contributed by atoms with Gasteiger partial charge in [-0.3, -0.25) is 4.79 Å². The Labute approximate surface area is 100 Å². The number of ether oxygens (including phenoxy) is 1. The van der Waals surface area contributed by atoms with E-state index in [9.17, 15) is 13.2 Å². The van der Waals surface area contributed by atoms with Gasteiger partial charge in [0.1, 0.15) is 0 Å². The third kappa shape index (κ3) is 3.40. The third-order valence-electron chi connectivity index (χ3n) is 3.24. The molecule has 7 heteroatoms. The van der Waals surface area contributed by atoms with Crippen LogP contribution in [0.2, 0.25) is 0 Å². The first-order chi connectivity index (χ1) is 7.96. The second-order valence-corrected chi connectivity index (χ2v) is 6.52. The maximum absolute atomic E-state index is 11.7. The lowest BCUT2D eigenvalue weighted by atomic mass is 9.96. The Bertz CT molecular complexity index is 394. The molecule has 2 N–H and O–H groups in total. The minimum absolute atomic E-state index is 0.00856. The van der Waals surface area contributed by atoms with Gasteiger partial charge in [0.05, 0.1) is 24.0 Å². The van der Waals surface area contributed by atoms with Crippen LogP contribution in [0.4, 0.5) is 0 Å². The molecule has 2 saturated heterocycles. The van der Waals surface area contributed by atoms with E-state index in [1.165, 1.54) is 0 Å². The molecule has 0 saturated carbocycles. The van der Waals surface area contributed by atoms with E-state index in [1.807, 2.05) is 0 Å². The zero-order valence-corrected chi connectivity index (χ0v) is 10.3. The fourth-order valence-electron chi connectivity index (χ4n) is 2.46. The largest absolute Gasteiger partial charge is 0.481 e. The minimum Gasteiger partial charge on any atom is -0.481 e. The second-order valence-electron chi connectivity index (χ2n) is 4.65. The molecular formula is C10H17NO5S. The van der Waals surface area contributed by atoms with Crippen molar-refractivity contribution in [1.82, 2.24) is 4.72 Å². The lowest BCUT2D eigenvalue weighted by molar-refractivity contribution is -0.137. The molecule has 0 spiro atoms. The van der Waals surface area contributed by atoms with Crippen LogP contribution in [0.25, 0.3) is 0 Å². The van der Waals surface area contributed by atoms with Gasteiger partial charge < -0.3 is 9.84 Å². The second kappa shape index (κ2) is 4.91. The number of nitrogens with one attached hydrogen (secondary N) is 1. The Morgan fingerprint density at radius 2 is 2.18 bits per heavy atom. The van der Waals surface area contributed by atoms with E-state index in [1.54, 1.807) is 0 Å². The summed E-state index contributed by atoms with van der Waals surface area (Å²) in [5.41, 5.74) is 0. The SMILES string of the molecule is O=C(O)CCCS(=O)(=O)NC1CC2CCC1O2. The van der Waals surface area contributed by atoms with Crippen LogP contribution >= 0.6 is 0 Å². The van der Waals surface area contributed by atoms with Crippen LogP contribution in [0.1, 0.15) is 32.1 Å². The molecule has 0 amide bonds. The van der Waals surface area contributed by atoms with Crippen LogP contribution in [0.15, 0.2) is 0 Å². The molecule has 0 radical (unpaired) electrons. The van der Waals surface area contributed by atoms with E-state index in [2.05, 4.69) is 4.72 Å². The molecule has 6 nitrogen and oxygen atoms in total. The number of aliphatic carboxylic acids is 1. The average Bonchev–Trinajstić information content (AvgIpc) is 2.76. The molecule has 2 heterocycles. The summed E-state index contributed by atoms with van der Waals surface area (Å²) in [5, 5.41) is 8.45. The highest BCUT2D eigenvalue weighted by atomic mass is 32.2. The van der Waals surface area contributed by atoms with E-state index in [4.69, 9.17) is 9.84 Å². The first kappa shape index (κ1) is 12.8. The molecule has 0 aromatic carbocycles. The number of carbonyl (C=O) groups is 1. The Balaban J connectivity index is 1.79. The summed E-state index contributed by atoms with van der Waals surface area (Å²) in [6.45, 7) is 0. The van der Waals surface area contributed by atoms with Gasteiger partial charge in [0.2, 0.25) is 10.0 Å². The number of fused-ring (bicyclic) bond motifs is 2. The van der Waals surface area contributed by atoms with Gasteiger partial charge in [0.15, 0.2) is 0 Å². The summed E-state index contributed by atoms with van der Waals surface area (Å²) in [5.74, 6) is -1.10. The van der Waals surface area contributed by atoms with Gasteiger partial charge >= 0.3 is 5.97 Å². The summed E-state index contributed by atoms with van der Waals surface area (Å²) < 4.78 is 31.5. The minimum atomic E-state index is -3.38. The van der Waals surface area contributed by atoms with Gasteiger partial charge in [-0.15, -0.1) is 0 Å². The highest BCUT2D eigenvalue weighted by Gasteiger charge is 2.42. The first-order valence-electron chi connectivity index (χ1n) is 5.83. The van der Waals surface area contributed by atoms with Gasteiger partial charge in [-0.05, 0) is 25.7 Å². The lowest BCUT2D eigenvalue weighted by Gasteiger charge is -2.19. The van der Waals surface area contributed by atoms with Crippen molar-refractivity contribution in [1.29, 1.82) is 0 Å². The standard InChI is InChI=1S/C10H17NO5S/c12-10(13)2-1-5-17(14,15)11-8-6-7-3-4-9(8)16-7/h7-9,11H,1-6H2,(H,12,13). The molecule has 3 unspecified atom stereocenters. The summed E-state index contributed by atoms with van der Waals surface area (Å²) in [4.78, 5) is 10.3. The van der Waals surface area contributed by atoms with E-state index in [0.717, 1.165) is 19.3 Å². The van der Waals surface area contributed by atoms with Crippen molar-refractivity contribution >= 4 is 16.0 Å². The number of hydrogen-bond acceptors (Lipinski definition) is 4. The van der Waals surface area contributed by atoms with Crippen LogP contribution in [-0.2, 0) is 19.6 Å². The van der Waals surface area contributed by atoms with Crippen molar-refractivity contribution in [3.63, 3.8) is 0 Å². The summed E-state index contributed by atoms with van der Waals surface area (Å²) >= 11 is 0. The predicted molar refractivity (Wildman–Crippen MR) is 60.1 cm³/mol. The first-order valence-corrected chi connectivity index (χ1v) is 7.49. The maximum atomic E-state index is 11.7. The zero-order chi connectivity index (χ0) is 12.5. The number of sulfonamides is 1. The van der Waals surface area contributed by atoms with E-state index in [0.29, 0.717) is 0 Å². The number of carboxylic acids is 1. The molecule has 0 aromatic rings. The molecule has 2 bridgehead atoms. The van der Waals surface area contributed by atoms with E-state index in [-0.39, 0.29) is 36.8 Å². The molecule has 2 aliphatic rings.